The molecule has 0 bridgehead atoms. The second-order valence-electron chi connectivity index (χ2n) is 2.40. The van der Waals surface area contributed by atoms with E-state index in [0.29, 0.717) is 11.3 Å². The summed E-state index contributed by atoms with van der Waals surface area (Å²) < 4.78 is 27.8. The van der Waals surface area contributed by atoms with E-state index in [2.05, 4.69) is 4.74 Å². The minimum atomic E-state index is -2.80. The lowest BCUT2D eigenvalue weighted by Gasteiger charge is -2.07. The molecule has 1 aromatic rings. The number of benzene rings is 1. The average Bonchev–Trinajstić information content (AvgIpc) is 1.96. The number of rotatable bonds is 2. The van der Waals surface area contributed by atoms with E-state index in [1.807, 2.05) is 0 Å². The Bertz CT molecular complexity index is 276. The van der Waals surface area contributed by atoms with Crippen LogP contribution in [-0.4, -0.2) is 6.61 Å². The van der Waals surface area contributed by atoms with Gasteiger partial charge in [-0.05, 0) is 18.6 Å². The van der Waals surface area contributed by atoms with Crippen LogP contribution in [-0.2, 0) is 0 Å². The zero-order valence-electron chi connectivity index (χ0n) is 6.55. The van der Waals surface area contributed by atoms with Crippen LogP contribution in [0, 0.1) is 6.92 Å². The molecule has 1 aromatic carbocycles. The third kappa shape index (κ3) is 2.08. The van der Waals surface area contributed by atoms with Crippen molar-refractivity contribution in [2.75, 3.05) is 5.73 Å². The van der Waals surface area contributed by atoms with Gasteiger partial charge in [0.1, 0.15) is 5.75 Å². The fourth-order valence-electron chi connectivity index (χ4n) is 0.840. The van der Waals surface area contributed by atoms with Crippen LogP contribution in [0.3, 0.4) is 0 Å². The predicted octanol–water partition coefficient (Wildman–Crippen LogP) is 2.18. The Morgan fingerprint density at radius 1 is 1.42 bits per heavy atom. The standard InChI is InChI=1S/C8H9F2NO/c1-5-2-3-6(11)4-7(5)12-8(9)10/h2-4,8H,11H2,1H3. The highest BCUT2D eigenvalue weighted by Crippen LogP contribution is 2.22. The summed E-state index contributed by atoms with van der Waals surface area (Å²) in [5.74, 6) is 0.130. The van der Waals surface area contributed by atoms with E-state index >= 15 is 0 Å². The molecule has 0 unspecified atom stereocenters. The van der Waals surface area contributed by atoms with Crippen LogP contribution in [0.25, 0.3) is 0 Å². The van der Waals surface area contributed by atoms with E-state index < -0.39 is 6.61 Å². The Labute approximate surface area is 68.9 Å². The second-order valence-corrected chi connectivity index (χ2v) is 2.40. The molecule has 0 aromatic heterocycles. The number of nitrogen functional groups attached to an aromatic ring is 1. The van der Waals surface area contributed by atoms with Crippen molar-refractivity contribution < 1.29 is 13.5 Å². The van der Waals surface area contributed by atoms with Crippen LogP contribution in [0.5, 0.6) is 5.75 Å². The van der Waals surface area contributed by atoms with Crippen LogP contribution >= 0.6 is 0 Å². The van der Waals surface area contributed by atoms with Crippen LogP contribution in [0.15, 0.2) is 18.2 Å². The van der Waals surface area contributed by atoms with Crippen LogP contribution < -0.4 is 10.5 Å². The topological polar surface area (TPSA) is 35.2 Å². The van der Waals surface area contributed by atoms with Gasteiger partial charge in [0.25, 0.3) is 0 Å². The van der Waals surface area contributed by atoms with Gasteiger partial charge < -0.3 is 10.5 Å². The summed E-state index contributed by atoms with van der Waals surface area (Å²) in [6, 6.07) is 4.64. The number of alkyl halides is 2. The maximum atomic E-state index is 11.8. The van der Waals surface area contributed by atoms with E-state index in [4.69, 9.17) is 5.73 Å². The van der Waals surface area contributed by atoms with Crippen molar-refractivity contribution in [1.82, 2.24) is 0 Å². The molecule has 0 saturated heterocycles. The highest BCUT2D eigenvalue weighted by atomic mass is 19.3. The fraction of sp³-hybridized carbons (Fsp3) is 0.250. The molecule has 2 nitrogen and oxygen atoms in total. The van der Waals surface area contributed by atoms with Crippen molar-refractivity contribution in [2.24, 2.45) is 0 Å². The smallest absolute Gasteiger partial charge is 0.387 e. The van der Waals surface area contributed by atoms with Gasteiger partial charge in [-0.25, -0.2) is 0 Å². The Morgan fingerprint density at radius 2 is 2.08 bits per heavy atom. The molecular formula is C8H9F2NO. The van der Waals surface area contributed by atoms with E-state index in [-0.39, 0.29) is 5.75 Å². The van der Waals surface area contributed by atoms with Gasteiger partial charge in [-0.3, -0.25) is 0 Å². The molecule has 0 radical (unpaired) electrons. The molecule has 1 rings (SSSR count). The van der Waals surface area contributed by atoms with Gasteiger partial charge in [-0.2, -0.15) is 8.78 Å². The van der Waals surface area contributed by atoms with Gasteiger partial charge >= 0.3 is 6.61 Å². The minimum Gasteiger partial charge on any atom is -0.434 e. The molecule has 0 spiro atoms. The lowest BCUT2D eigenvalue weighted by atomic mass is 10.2. The summed E-state index contributed by atoms with van der Waals surface area (Å²) >= 11 is 0. The highest BCUT2D eigenvalue weighted by Gasteiger charge is 2.06. The van der Waals surface area contributed by atoms with Gasteiger partial charge in [0.15, 0.2) is 0 Å². The zero-order valence-corrected chi connectivity index (χ0v) is 6.55. The first-order valence-corrected chi connectivity index (χ1v) is 3.40. The third-order valence-corrected chi connectivity index (χ3v) is 1.43. The zero-order chi connectivity index (χ0) is 9.14. The fourth-order valence-corrected chi connectivity index (χ4v) is 0.840. The molecule has 0 fully saturated rings. The lowest BCUT2D eigenvalue weighted by Crippen LogP contribution is -2.03. The molecular weight excluding hydrogens is 164 g/mol. The first-order valence-electron chi connectivity index (χ1n) is 3.40. The van der Waals surface area contributed by atoms with Gasteiger partial charge in [0.05, 0.1) is 0 Å². The summed E-state index contributed by atoms with van der Waals surface area (Å²) in [6.07, 6.45) is 0. The number of ether oxygens (including phenoxy) is 1. The maximum absolute atomic E-state index is 11.8. The van der Waals surface area contributed by atoms with Crippen molar-refractivity contribution in [1.29, 1.82) is 0 Å². The largest absolute Gasteiger partial charge is 0.434 e. The van der Waals surface area contributed by atoms with Gasteiger partial charge in [0.2, 0.25) is 0 Å². The molecule has 0 saturated carbocycles. The number of anilines is 1. The normalized spacial score (nSPS) is 10.3. The molecule has 0 aliphatic rings. The first kappa shape index (κ1) is 8.77. The van der Waals surface area contributed by atoms with Crippen molar-refractivity contribution in [3.05, 3.63) is 23.8 Å². The van der Waals surface area contributed by atoms with Crippen molar-refractivity contribution in [2.45, 2.75) is 13.5 Å². The number of hydrogen-bond acceptors (Lipinski definition) is 2. The molecule has 66 valence electrons. The summed E-state index contributed by atoms with van der Waals surface area (Å²) in [5.41, 5.74) is 6.43. The monoisotopic (exact) mass is 173 g/mol. The van der Waals surface area contributed by atoms with Crippen LogP contribution in [0.2, 0.25) is 0 Å². The summed E-state index contributed by atoms with van der Waals surface area (Å²) in [4.78, 5) is 0. The molecule has 0 amide bonds. The Hall–Kier alpha value is -1.32. The molecule has 12 heavy (non-hydrogen) atoms. The molecule has 0 atom stereocenters. The van der Waals surface area contributed by atoms with E-state index in [0.717, 1.165) is 0 Å². The van der Waals surface area contributed by atoms with Gasteiger partial charge in [-0.15, -0.1) is 0 Å². The maximum Gasteiger partial charge on any atom is 0.387 e. The van der Waals surface area contributed by atoms with Gasteiger partial charge in [0, 0.05) is 11.8 Å². The van der Waals surface area contributed by atoms with Crippen molar-refractivity contribution in [3.63, 3.8) is 0 Å². The molecule has 4 heteroatoms. The van der Waals surface area contributed by atoms with E-state index in [1.165, 1.54) is 6.07 Å². The molecule has 0 heterocycles. The second kappa shape index (κ2) is 3.38. The number of nitrogens with two attached hydrogens (primary N) is 1. The average molecular weight is 173 g/mol. The van der Waals surface area contributed by atoms with E-state index in [9.17, 15) is 8.78 Å². The number of aryl methyl sites for hydroxylation is 1. The SMILES string of the molecule is Cc1ccc(N)cc1OC(F)F. The molecule has 2 N–H and O–H groups in total. The number of halogens is 2. The summed E-state index contributed by atoms with van der Waals surface area (Å²) in [6.45, 7) is -1.12. The first-order chi connectivity index (χ1) is 5.59. The van der Waals surface area contributed by atoms with Gasteiger partial charge in [-0.1, -0.05) is 6.07 Å². The van der Waals surface area contributed by atoms with Crippen molar-refractivity contribution in [3.8, 4) is 5.75 Å². The predicted molar refractivity (Wildman–Crippen MR) is 42.2 cm³/mol. The summed E-state index contributed by atoms with van der Waals surface area (Å²) in [5, 5.41) is 0. The summed E-state index contributed by atoms with van der Waals surface area (Å²) in [7, 11) is 0. The Balaban J connectivity index is 2.90. The molecule has 0 aliphatic heterocycles. The Morgan fingerprint density at radius 3 is 2.67 bits per heavy atom. The number of hydrogen-bond donors (Lipinski definition) is 1. The highest BCUT2D eigenvalue weighted by molar-refractivity contribution is 5.47. The van der Waals surface area contributed by atoms with Crippen molar-refractivity contribution >= 4 is 5.69 Å². The Kier molecular flexibility index (Phi) is 2.47. The van der Waals surface area contributed by atoms with E-state index in [1.54, 1.807) is 19.1 Å². The van der Waals surface area contributed by atoms with Crippen LogP contribution in [0.4, 0.5) is 14.5 Å². The minimum absolute atomic E-state index is 0.130. The van der Waals surface area contributed by atoms with Crippen LogP contribution in [0.1, 0.15) is 5.56 Å². The quantitative estimate of drug-likeness (QED) is 0.695. The lowest BCUT2D eigenvalue weighted by molar-refractivity contribution is -0.0502. The molecule has 0 aliphatic carbocycles. The third-order valence-electron chi connectivity index (χ3n) is 1.43.